The molecule has 0 N–H and O–H groups in total. The molecule has 0 amide bonds. The summed E-state index contributed by atoms with van der Waals surface area (Å²) in [6, 6.07) is 40.1. The lowest BCUT2D eigenvalue weighted by atomic mass is 9.89. The monoisotopic (exact) mass is 469 g/mol. The van der Waals surface area contributed by atoms with Crippen molar-refractivity contribution in [1.29, 1.82) is 0 Å². The van der Waals surface area contributed by atoms with E-state index in [4.69, 9.17) is 9.05 Å². The molecule has 0 aromatic heterocycles. The zero-order chi connectivity index (χ0) is 23.9. The maximum atomic E-state index is 13.5. The van der Waals surface area contributed by atoms with Crippen LogP contribution in [-0.4, -0.2) is 0 Å². The molecular formula is C30H30O3P+. The zero-order valence-corrected chi connectivity index (χ0v) is 20.5. The average Bonchev–Trinajstić information content (AvgIpc) is 2.86. The Morgan fingerprint density at radius 1 is 0.529 bits per heavy atom. The third-order valence-electron chi connectivity index (χ3n) is 6.09. The zero-order valence-electron chi connectivity index (χ0n) is 19.6. The van der Waals surface area contributed by atoms with E-state index >= 15 is 0 Å². The van der Waals surface area contributed by atoms with Crippen molar-refractivity contribution >= 4 is 8.25 Å². The standard InChI is InChI=1S/C30H30O3P/c1-29(27-19-11-5-12-20-27,23-25-15-7-3-8-16-25)32-34(31)33-30(2,28-21-13-6-14-22-28)24-26-17-9-4-10-18-26/h3-22H,23-24H2,1-2H3/q+1. The van der Waals surface area contributed by atoms with E-state index in [9.17, 15) is 4.57 Å². The maximum Gasteiger partial charge on any atom is 0.699 e. The van der Waals surface area contributed by atoms with Crippen LogP contribution in [0.15, 0.2) is 121 Å². The predicted molar refractivity (Wildman–Crippen MR) is 138 cm³/mol. The van der Waals surface area contributed by atoms with Gasteiger partial charge in [0.1, 0.15) is 0 Å². The molecule has 4 heteroatoms. The van der Waals surface area contributed by atoms with Crippen LogP contribution in [0.5, 0.6) is 0 Å². The number of hydrogen-bond donors (Lipinski definition) is 0. The summed E-state index contributed by atoms with van der Waals surface area (Å²) >= 11 is 0. The van der Waals surface area contributed by atoms with Crippen LogP contribution in [0.3, 0.4) is 0 Å². The van der Waals surface area contributed by atoms with Crippen LogP contribution >= 0.6 is 8.25 Å². The first-order valence-corrected chi connectivity index (χ1v) is 12.6. The van der Waals surface area contributed by atoms with Crippen molar-refractivity contribution < 1.29 is 13.6 Å². The molecule has 2 unspecified atom stereocenters. The van der Waals surface area contributed by atoms with Crippen molar-refractivity contribution in [3.63, 3.8) is 0 Å². The Morgan fingerprint density at radius 2 is 0.824 bits per heavy atom. The summed E-state index contributed by atoms with van der Waals surface area (Å²) in [6.45, 7) is 3.95. The van der Waals surface area contributed by atoms with E-state index in [0.29, 0.717) is 12.8 Å². The Kier molecular flexibility index (Phi) is 7.70. The molecule has 0 saturated carbocycles. The SMILES string of the molecule is CC(Cc1ccccc1)(O[P+](=O)OC(C)(Cc1ccccc1)c1ccccc1)c1ccccc1. The Hall–Kier alpha value is -3.10. The van der Waals surface area contributed by atoms with Crippen molar-refractivity contribution in [2.45, 2.75) is 37.9 Å². The van der Waals surface area contributed by atoms with E-state index in [1.807, 2.05) is 111 Å². The topological polar surface area (TPSA) is 35.5 Å². The Bertz CT molecular complexity index is 1090. The third kappa shape index (κ3) is 6.07. The molecule has 4 rings (SSSR count). The predicted octanol–water partition coefficient (Wildman–Crippen LogP) is 7.99. The van der Waals surface area contributed by atoms with E-state index in [-0.39, 0.29) is 0 Å². The fourth-order valence-electron chi connectivity index (χ4n) is 4.27. The summed E-state index contributed by atoms with van der Waals surface area (Å²) in [4.78, 5) is 0. The first-order valence-electron chi connectivity index (χ1n) is 11.5. The van der Waals surface area contributed by atoms with Gasteiger partial charge in [-0.2, -0.15) is 0 Å². The van der Waals surface area contributed by atoms with Gasteiger partial charge in [-0.3, -0.25) is 0 Å². The lowest BCUT2D eigenvalue weighted by Gasteiger charge is -2.27. The second-order valence-electron chi connectivity index (χ2n) is 8.92. The molecule has 172 valence electrons. The highest BCUT2D eigenvalue weighted by atomic mass is 31.1. The lowest BCUT2D eigenvalue weighted by molar-refractivity contribution is 0.0240. The second kappa shape index (κ2) is 10.9. The van der Waals surface area contributed by atoms with E-state index in [1.54, 1.807) is 0 Å². The Labute approximate surface area is 203 Å². The molecule has 0 aliphatic carbocycles. The summed E-state index contributed by atoms with van der Waals surface area (Å²) in [6.07, 6.45) is 1.14. The average molecular weight is 470 g/mol. The van der Waals surface area contributed by atoms with Gasteiger partial charge >= 0.3 is 8.25 Å². The molecule has 4 aromatic rings. The van der Waals surface area contributed by atoms with Crippen LogP contribution in [0.4, 0.5) is 0 Å². The van der Waals surface area contributed by atoms with E-state index < -0.39 is 19.5 Å². The highest BCUT2D eigenvalue weighted by Gasteiger charge is 2.45. The van der Waals surface area contributed by atoms with Crippen LogP contribution in [0, 0.1) is 0 Å². The largest absolute Gasteiger partial charge is 0.699 e. The van der Waals surface area contributed by atoms with Gasteiger partial charge in [0.15, 0.2) is 11.2 Å². The molecule has 0 heterocycles. The first-order chi connectivity index (χ1) is 16.5. The van der Waals surface area contributed by atoms with Crippen molar-refractivity contribution in [1.82, 2.24) is 0 Å². The summed E-state index contributed by atoms with van der Waals surface area (Å²) in [5.41, 5.74) is 2.48. The minimum absolute atomic E-state index is 0.572. The first kappa shape index (κ1) is 24.0. The molecule has 0 bridgehead atoms. The van der Waals surface area contributed by atoms with Gasteiger partial charge in [0.05, 0.1) is 0 Å². The minimum Gasteiger partial charge on any atom is -0.107 e. The molecule has 0 aliphatic rings. The van der Waals surface area contributed by atoms with Crippen molar-refractivity contribution in [3.8, 4) is 0 Å². The van der Waals surface area contributed by atoms with Gasteiger partial charge in [-0.05, 0) is 36.1 Å². The van der Waals surface area contributed by atoms with Crippen molar-refractivity contribution in [2.24, 2.45) is 0 Å². The minimum atomic E-state index is -2.45. The highest BCUT2D eigenvalue weighted by Crippen LogP contribution is 2.46. The number of benzene rings is 4. The molecule has 34 heavy (non-hydrogen) atoms. The Morgan fingerprint density at radius 3 is 1.15 bits per heavy atom. The molecule has 0 spiro atoms. The molecule has 0 fully saturated rings. The van der Waals surface area contributed by atoms with E-state index in [0.717, 1.165) is 22.3 Å². The number of hydrogen-bond acceptors (Lipinski definition) is 3. The summed E-state index contributed by atoms with van der Waals surface area (Å²) in [7, 11) is -2.45. The van der Waals surface area contributed by atoms with Crippen molar-refractivity contribution in [2.75, 3.05) is 0 Å². The van der Waals surface area contributed by atoms with Gasteiger partial charge in [-0.15, -0.1) is 9.05 Å². The van der Waals surface area contributed by atoms with E-state index in [2.05, 4.69) is 24.3 Å². The normalized spacial score (nSPS) is 15.2. The molecule has 0 saturated heterocycles. The third-order valence-corrected chi connectivity index (χ3v) is 7.19. The van der Waals surface area contributed by atoms with Crippen molar-refractivity contribution in [3.05, 3.63) is 144 Å². The van der Waals surface area contributed by atoms with Gasteiger partial charge in [0.25, 0.3) is 0 Å². The summed E-state index contributed by atoms with van der Waals surface area (Å²) in [5.74, 6) is 0. The van der Waals surface area contributed by atoms with Gasteiger partial charge < -0.3 is 0 Å². The van der Waals surface area contributed by atoms with Crippen LogP contribution in [0.25, 0.3) is 0 Å². The van der Waals surface area contributed by atoms with Gasteiger partial charge in [0.2, 0.25) is 0 Å². The van der Waals surface area contributed by atoms with Gasteiger partial charge in [0, 0.05) is 17.4 Å². The fourth-order valence-corrected chi connectivity index (χ4v) is 5.31. The maximum absolute atomic E-state index is 13.5. The van der Waals surface area contributed by atoms with Crippen LogP contribution in [0.1, 0.15) is 36.1 Å². The lowest BCUT2D eigenvalue weighted by Crippen LogP contribution is -2.30. The molecule has 3 nitrogen and oxygen atoms in total. The molecular weight excluding hydrogens is 439 g/mol. The molecule has 4 aromatic carbocycles. The molecule has 2 atom stereocenters. The smallest absolute Gasteiger partial charge is 0.107 e. The van der Waals surface area contributed by atoms with Gasteiger partial charge in [-0.25, -0.2) is 0 Å². The summed E-state index contributed by atoms with van der Waals surface area (Å²) in [5, 5.41) is 0. The second-order valence-corrected chi connectivity index (χ2v) is 9.74. The van der Waals surface area contributed by atoms with Crippen LogP contribution in [0.2, 0.25) is 0 Å². The van der Waals surface area contributed by atoms with Gasteiger partial charge in [-0.1, -0.05) is 121 Å². The summed E-state index contributed by atoms with van der Waals surface area (Å²) < 4.78 is 26.0. The van der Waals surface area contributed by atoms with Crippen LogP contribution in [-0.2, 0) is 37.7 Å². The molecule has 0 aliphatic heterocycles. The fraction of sp³-hybridized carbons (Fsp3) is 0.200. The quantitative estimate of drug-likeness (QED) is 0.221. The van der Waals surface area contributed by atoms with E-state index in [1.165, 1.54) is 0 Å². The number of rotatable bonds is 10. The van der Waals surface area contributed by atoms with Crippen LogP contribution < -0.4 is 0 Å². The Balaban J connectivity index is 1.62. The molecule has 0 radical (unpaired) electrons. The highest BCUT2D eigenvalue weighted by molar-refractivity contribution is 7.33.